The molecule has 1 aromatic carbocycles. The number of allylic oxidation sites excluding steroid dienone is 4. The van der Waals surface area contributed by atoms with Gasteiger partial charge in [0.1, 0.15) is 0 Å². The van der Waals surface area contributed by atoms with Crippen molar-refractivity contribution in [2.45, 2.75) is 46.0 Å². The molecule has 0 radical (unpaired) electrons. The zero-order valence-corrected chi connectivity index (χ0v) is 11.7. The smallest absolute Gasteiger partial charge is 0.0203 e. The van der Waals surface area contributed by atoms with Crippen molar-refractivity contribution in [2.75, 3.05) is 0 Å². The Morgan fingerprint density at radius 1 is 0.944 bits per heavy atom. The fraction of sp³-hybridized carbons (Fsp3) is 0.444. The van der Waals surface area contributed by atoms with Crippen LogP contribution in [0.3, 0.4) is 0 Å². The minimum Gasteiger partial charge on any atom is -0.0702 e. The summed E-state index contributed by atoms with van der Waals surface area (Å²) in [5.74, 6) is 0.832. The molecule has 1 aliphatic rings. The molecule has 1 aromatic rings. The quantitative estimate of drug-likeness (QED) is 0.602. The van der Waals surface area contributed by atoms with E-state index in [2.05, 4.69) is 56.3 Å². The van der Waals surface area contributed by atoms with Crippen molar-refractivity contribution in [3.8, 4) is 0 Å². The number of benzene rings is 1. The molecule has 1 aliphatic carbocycles. The molecule has 0 spiro atoms. The Kier molecular flexibility index (Phi) is 4.81. The van der Waals surface area contributed by atoms with Gasteiger partial charge in [-0.3, -0.25) is 0 Å². The van der Waals surface area contributed by atoms with Crippen LogP contribution in [0.2, 0.25) is 0 Å². The van der Waals surface area contributed by atoms with E-state index >= 15 is 0 Å². The molecule has 0 atom stereocenters. The van der Waals surface area contributed by atoms with E-state index in [0.717, 1.165) is 5.92 Å². The third kappa shape index (κ3) is 3.60. The van der Waals surface area contributed by atoms with E-state index in [0.29, 0.717) is 0 Å². The second-order valence-corrected chi connectivity index (χ2v) is 5.46. The summed E-state index contributed by atoms with van der Waals surface area (Å²) in [6.07, 6.45) is 11.6. The Bertz CT molecular complexity index is 417. The third-order valence-electron chi connectivity index (χ3n) is 4.07. The molecule has 0 heteroatoms. The van der Waals surface area contributed by atoms with E-state index in [1.165, 1.54) is 43.2 Å². The van der Waals surface area contributed by atoms with Gasteiger partial charge in [0.2, 0.25) is 0 Å². The molecule has 0 saturated heterocycles. The first kappa shape index (κ1) is 13.1. The molecule has 0 aromatic heterocycles. The summed E-state index contributed by atoms with van der Waals surface area (Å²) in [4.78, 5) is 0. The van der Waals surface area contributed by atoms with Gasteiger partial charge in [0, 0.05) is 0 Å². The van der Waals surface area contributed by atoms with Gasteiger partial charge < -0.3 is 0 Å². The number of rotatable bonds is 3. The van der Waals surface area contributed by atoms with E-state index in [1.807, 2.05) is 0 Å². The van der Waals surface area contributed by atoms with E-state index in [-0.39, 0.29) is 0 Å². The van der Waals surface area contributed by atoms with Crippen LogP contribution in [0.25, 0.3) is 5.57 Å². The monoisotopic (exact) mass is 240 g/mol. The maximum atomic E-state index is 2.33. The van der Waals surface area contributed by atoms with Crippen LogP contribution in [-0.4, -0.2) is 0 Å². The van der Waals surface area contributed by atoms with Crippen LogP contribution in [0.1, 0.15) is 51.5 Å². The highest BCUT2D eigenvalue weighted by Crippen LogP contribution is 2.29. The minimum atomic E-state index is 0.832. The van der Waals surface area contributed by atoms with Gasteiger partial charge in [-0.25, -0.2) is 0 Å². The van der Waals surface area contributed by atoms with Gasteiger partial charge in [-0.15, -0.1) is 0 Å². The van der Waals surface area contributed by atoms with Crippen molar-refractivity contribution >= 4 is 5.57 Å². The molecular weight excluding hydrogens is 216 g/mol. The van der Waals surface area contributed by atoms with Crippen molar-refractivity contribution in [3.05, 3.63) is 53.6 Å². The molecule has 0 unspecified atom stereocenters. The van der Waals surface area contributed by atoms with Gasteiger partial charge in [0.05, 0.1) is 0 Å². The van der Waals surface area contributed by atoms with E-state index in [9.17, 15) is 0 Å². The molecule has 2 rings (SSSR count). The van der Waals surface area contributed by atoms with Crippen molar-refractivity contribution < 1.29 is 0 Å². The van der Waals surface area contributed by atoms with Crippen molar-refractivity contribution in [2.24, 2.45) is 5.92 Å². The molecule has 18 heavy (non-hydrogen) atoms. The summed E-state index contributed by atoms with van der Waals surface area (Å²) in [6, 6.07) is 10.6. The summed E-state index contributed by atoms with van der Waals surface area (Å²) in [5, 5.41) is 0. The molecule has 1 fully saturated rings. The predicted molar refractivity (Wildman–Crippen MR) is 80.4 cm³/mol. The second-order valence-electron chi connectivity index (χ2n) is 5.46. The minimum absolute atomic E-state index is 0.832. The molecule has 1 saturated carbocycles. The topological polar surface area (TPSA) is 0 Å². The Morgan fingerprint density at radius 3 is 2.28 bits per heavy atom. The molecule has 0 nitrogen and oxygen atoms in total. The van der Waals surface area contributed by atoms with Gasteiger partial charge in [-0.2, -0.15) is 0 Å². The number of hydrogen-bond donors (Lipinski definition) is 0. The van der Waals surface area contributed by atoms with E-state index in [4.69, 9.17) is 0 Å². The zero-order valence-electron chi connectivity index (χ0n) is 11.7. The summed E-state index contributed by atoms with van der Waals surface area (Å²) in [5.41, 5.74) is 4.24. The molecule has 0 aliphatic heterocycles. The average Bonchev–Trinajstić information content (AvgIpc) is 2.46. The third-order valence-corrected chi connectivity index (χ3v) is 4.07. The summed E-state index contributed by atoms with van der Waals surface area (Å²) in [6.45, 7) is 4.49. The van der Waals surface area contributed by atoms with Crippen LogP contribution in [0.15, 0.2) is 48.1 Å². The standard InChI is InChI=1S/C18H24/c1-15(17-9-5-3-6-10-17)13-14-16(2)18-11-7-4-8-12-18/h3,5-6,9-10,13-14,18H,4,7-8,11-12H2,1-2H3/b15-13+,16-14+. The highest BCUT2D eigenvalue weighted by Gasteiger charge is 2.13. The second kappa shape index (κ2) is 6.58. The Balaban J connectivity index is 2.04. The fourth-order valence-electron chi connectivity index (χ4n) is 2.75. The van der Waals surface area contributed by atoms with Gasteiger partial charge in [0.15, 0.2) is 0 Å². The maximum Gasteiger partial charge on any atom is -0.0203 e. The van der Waals surface area contributed by atoms with Crippen LogP contribution < -0.4 is 0 Å². The predicted octanol–water partition coefficient (Wildman–Crippen LogP) is 5.62. The van der Waals surface area contributed by atoms with Crippen LogP contribution in [-0.2, 0) is 0 Å². The van der Waals surface area contributed by atoms with Crippen LogP contribution in [0.5, 0.6) is 0 Å². The molecular formula is C18H24. The van der Waals surface area contributed by atoms with Crippen molar-refractivity contribution in [1.29, 1.82) is 0 Å². The van der Waals surface area contributed by atoms with Gasteiger partial charge in [-0.1, -0.05) is 67.3 Å². The molecule has 96 valence electrons. The fourth-order valence-corrected chi connectivity index (χ4v) is 2.75. The summed E-state index contributed by atoms with van der Waals surface area (Å²) >= 11 is 0. The maximum absolute atomic E-state index is 2.33. The first-order valence-electron chi connectivity index (χ1n) is 7.18. The van der Waals surface area contributed by atoms with E-state index in [1.54, 1.807) is 5.57 Å². The highest BCUT2D eigenvalue weighted by molar-refractivity contribution is 5.65. The van der Waals surface area contributed by atoms with Crippen LogP contribution >= 0.6 is 0 Å². The lowest BCUT2D eigenvalue weighted by atomic mass is 9.84. The first-order chi connectivity index (χ1) is 8.77. The summed E-state index contributed by atoms with van der Waals surface area (Å²) in [7, 11) is 0. The molecule has 0 N–H and O–H groups in total. The number of hydrogen-bond acceptors (Lipinski definition) is 0. The normalized spacial score (nSPS) is 19.0. The highest BCUT2D eigenvalue weighted by atomic mass is 14.2. The van der Waals surface area contributed by atoms with Gasteiger partial charge in [-0.05, 0) is 43.7 Å². The van der Waals surface area contributed by atoms with Crippen LogP contribution in [0, 0.1) is 5.92 Å². The lowest BCUT2D eigenvalue weighted by molar-refractivity contribution is 0.403. The zero-order chi connectivity index (χ0) is 12.8. The lowest BCUT2D eigenvalue weighted by Crippen LogP contribution is -2.06. The van der Waals surface area contributed by atoms with Gasteiger partial charge in [0.25, 0.3) is 0 Å². The summed E-state index contributed by atoms with van der Waals surface area (Å²) < 4.78 is 0. The first-order valence-corrected chi connectivity index (χ1v) is 7.18. The Hall–Kier alpha value is -1.30. The molecule has 0 bridgehead atoms. The van der Waals surface area contributed by atoms with Gasteiger partial charge >= 0.3 is 0 Å². The largest absolute Gasteiger partial charge is 0.0702 e. The lowest BCUT2D eigenvalue weighted by Gasteiger charge is -2.22. The average molecular weight is 240 g/mol. The van der Waals surface area contributed by atoms with Crippen molar-refractivity contribution in [3.63, 3.8) is 0 Å². The Morgan fingerprint density at radius 2 is 1.61 bits per heavy atom. The SMILES string of the molecule is C/C(=C\C=C(/C)C1CCCCC1)c1ccccc1. The van der Waals surface area contributed by atoms with E-state index < -0.39 is 0 Å². The molecule has 0 amide bonds. The van der Waals surface area contributed by atoms with Crippen LogP contribution in [0.4, 0.5) is 0 Å². The Labute approximate surface area is 111 Å². The molecule has 0 heterocycles. The van der Waals surface area contributed by atoms with Crippen molar-refractivity contribution in [1.82, 2.24) is 0 Å².